The number of hydrogen-bond acceptors (Lipinski definition) is 6. The van der Waals surface area contributed by atoms with Crippen LogP contribution in [0.2, 0.25) is 0 Å². The lowest BCUT2D eigenvalue weighted by molar-refractivity contribution is 0.216. The number of anilines is 1. The van der Waals surface area contributed by atoms with Crippen molar-refractivity contribution in [1.29, 1.82) is 0 Å². The molecule has 2 aliphatic heterocycles. The molecule has 1 unspecified atom stereocenters. The molecule has 3 N–H and O–H groups in total. The summed E-state index contributed by atoms with van der Waals surface area (Å²) in [5.74, 6) is 1.20. The molecule has 174 valence electrons. The van der Waals surface area contributed by atoms with Crippen molar-refractivity contribution >= 4 is 17.0 Å². The highest BCUT2D eigenvalue weighted by atomic mass is 19.1. The van der Waals surface area contributed by atoms with Crippen LogP contribution < -0.4 is 10.6 Å². The third-order valence-electron chi connectivity index (χ3n) is 5.99. The van der Waals surface area contributed by atoms with E-state index in [1.807, 2.05) is 25.3 Å². The minimum Gasteiger partial charge on any atom is -0.382 e. The van der Waals surface area contributed by atoms with E-state index in [1.54, 1.807) is 20.0 Å². The van der Waals surface area contributed by atoms with Gasteiger partial charge in [0.05, 0.1) is 34.7 Å². The van der Waals surface area contributed by atoms with Gasteiger partial charge in [-0.15, -0.1) is 0 Å². The molecule has 2 bridgehead atoms. The normalized spacial score (nSPS) is 20.0. The highest BCUT2D eigenvalue weighted by Crippen LogP contribution is 2.36. The fraction of sp³-hybridized carbons (Fsp3) is 0.360. The highest BCUT2D eigenvalue weighted by Gasteiger charge is 2.38. The molecule has 2 aromatic heterocycles. The lowest BCUT2D eigenvalue weighted by atomic mass is 10.1. The van der Waals surface area contributed by atoms with Gasteiger partial charge in [-0.2, -0.15) is 0 Å². The summed E-state index contributed by atoms with van der Waals surface area (Å²) in [4.78, 5) is 16.5. The maximum Gasteiger partial charge on any atom is 0.228 e. The topological polar surface area (TPSA) is 72.1 Å². The first kappa shape index (κ1) is 22.6. The average molecular weight is 450 g/mol. The predicted molar refractivity (Wildman–Crippen MR) is 132 cm³/mol. The van der Waals surface area contributed by atoms with Crippen LogP contribution in [-0.2, 0) is 0 Å². The zero-order valence-electron chi connectivity index (χ0n) is 19.6. The Bertz CT molecular complexity index is 1150. The van der Waals surface area contributed by atoms with Gasteiger partial charge in [0.15, 0.2) is 0 Å². The van der Waals surface area contributed by atoms with E-state index in [2.05, 4.69) is 61.2 Å². The van der Waals surface area contributed by atoms with Gasteiger partial charge in [0.25, 0.3) is 0 Å². The second-order valence-corrected chi connectivity index (χ2v) is 9.20. The Morgan fingerprint density at radius 3 is 2.94 bits per heavy atom. The molecule has 4 rings (SSSR count). The van der Waals surface area contributed by atoms with Crippen LogP contribution in [0, 0.1) is 0 Å². The first-order valence-corrected chi connectivity index (χ1v) is 11.1. The zero-order valence-corrected chi connectivity index (χ0v) is 19.6. The zero-order chi connectivity index (χ0) is 23.8. The molecule has 0 aliphatic carbocycles. The van der Waals surface area contributed by atoms with Crippen molar-refractivity contribution in [2.75, 3.05) is 25.0 Å². The molecular weight excluding hydrogens is 417 g/mol. The number of aromatic amines is 1. The number of hydrogen-bond donors (Lipinski definition) is 3. The monoisotopic (exact) mass is 449 g/mol. The first-order valence-electron chi connectivity index (χ1n) is 11.1. The summed E-state index contributed by atoms with van der Waals surface area (Å²) < 4.78 is 13.8. The van der Waals surface area contributed by atoms with Crippen LogP contribution in [0.15, 0.2) is 78.8 Å². The summed E-state index contributed by atoms with van der Waals surface area (Å²) in [6.07, 6.45) is 8.65. The van der Waals surface area contributed by atoms with Crippen LogP contribution in [0.4, 0.5) is 10.3 Å². The number of halogens is 1. The Morgan fingerprint density at radius 2 is 2.18 bits per heavy atom. The highest BCUT2D eigenvalue weighted by molar-refractivity contribution is 5.74. The number of allylic oxidation sites excluding steroid dienone is 3. The van der Waals surface area contributed by atoms with Gasteiger partial charge in [0.1, 0.15) is 11.5 Å². The van der Waals surface area contributed by atoms with Crippen molar-refractivity contribution in [2.45, 2.75) is 38.9 Å². The molecule has 7 nitrogen and oxygen atoms in total. The number of alkyl halides is 1. The molecule has 2 aliphatic rings. The second kappa shape index (κ2) is 8.77. The summed E-state index contributed by atoms with van der Waals surface area (Å²) in [7, 11) is 0. The minimum atomic E-state index is -1.30. The standard InChI is InChI=1S/C25H32FN7/c1-16(17(2)29-15-25(5,6)26)7-8-23-18(3)33(20-10-12-32(23)14-20)19(4)30-24-28-13-22-21(31-24)9-11-27-22/h7-9,11,13,20,27,29H,2-4,10,12,14-15H2,1,5-6H3,(H,28,30,31)/b16-7+,23-8+. The van der Waals surface area contributed by atoms with Crippen molar-refractivity contribution in [1.82, 2.24) is 30.1 Å². The maximum atomic E-state index is 13.8. The van der Waals surface area contributed by atoms with Gasteiger partial charge >= 0.3 is 0 Å². The lowest BCUT2D eigenvalue weighted by Crippen LogP contribution is -2.44. The number of piperazine rings is 1. The van der Waals surface area contributed by atoms with Crippen molar-refractivity contribution in [3.8, 4) is 0 Å². The van der Waals surface area contributed by atoms with E-state index in [9.17, 15) is 4.39 Å². The van der Waals surface area contributed by atoms with Gasteiger partial charge in [0.2, 0.25) is 5.95 Å². The Kier molecular flexibility index (Phi) is 6.01. The van der Waals surface area contributed by atoms with Crippen LogP contribution in [0.1, 0.15) is 27.2 Å². The van der Waals surface area contributed by atoms with Gasteiger partial charge in [0, 0.05) is 31.5 Å². The number of rotatable bonds is 8. The third kappa shape index (κ3) is 4.94. The van der Waals surface area contributed by atoms with Gasteiger partial charge in [-0.3, -0.25) is 0 Å². The Hall–Kier alpha value is -3.55. The molecule has 0 radical (unpaired) electrons. The number of fused-ring (bicyclic) bond motifs is 3. The van der Waals surface area contributed by atoms with Crippen molar-refractivity contribution in [2.24, 2.45) is 0 Å². The van der Waals surface area contributed by atoms with E-state index in [4.69, 9.17) is 0 Å². The summed E-state index contributed by atoms with van der Waals surface area (Å²) in [6, 6.07) is 2.20. The molecule has 4 heterocycles. The smallest absolute Gasteiger partial charge is 0.228 e. The van der Waals surface area contributed by atoms with Gasteiger partial charge in [-0.05, 0) is 44.9 Å². The van der Waals surface area contributed by atoms with Crippen molar-refractivity contribution in [3.05, 3.63) is 78.8 Å². The Labute approximate surface area is 194 Å². The van der Waals surface area contributed by atoms with Crippen LogP contribution in [0.5, 0.6) is 0 Å². The van der Waals surface area contributed by atoms with E-state index < -0.39 is 5.67 Å². The molecule has 2 fully saturated rings. The van der Waals surface area contributed by atoms with Crippen molar-refractivity contribution < 1.29 is 4.39 Å². The Morgan fingerprint density at radius 1 is 1.39 bits per heavy atom. The van der Waals surface area contributed by atoms with Crippen LogP contribution in [-0.4, -0.2) is 56.1 Å². The van der Waals surface area contributed by atoms with Gasteiger partial charge in [-0.1, -0.05) is 25.8 Å². The number of aromatic nitrogens is 3. The molecule has 0 aromatic carbocycles. The molecular formula is C25H32FN7. The van der Waals surface area contributed by atoms with E-state index in [-0.39, 0.29) is 6.54 Å². The predicted octanol–water partition coefficient (Wildman–Crippen LogP) is 4.43. The molecule has 2 aromatic rings. The molecule has 33 heavy (non-hydrogen) atoms. The maximum absolute atomic E-state index is 13.8. The lowest BCUT2D eigenvalue weighted by Gasteiger charge is -2.40. The fourth-order valence-corrected chi connectivity index (χ4v) is 4.14. The molecule has 0 amide bonds. The molecule has 1 atom stereocenters. The largest absolute Gasteiger partial charge is 0.382 e. The molecule has 0 saturated carbocycles. The summed E-state index contributed by atoms with van der Waals surface area (Å²) >= 11 is 0. The van der Waals surface area contributed by atoms with Crippen LogP contribution >= 0.6 is 0 Å². The van der Waals surface area contributed by atoms with E-state index in [0.717, 1.165) is 47.5 Å². The summed E-state index contributed by atoms with van der Waals surface area (Å²) in [5, 5.41) is 6.32. The van der Waals surface area contributed by atoms with E-state index in [1.165, 1.54) is 0 Å². The molecule has 0 spiro atoms. The first-order chi connectivity index (χ1) is 15.6. The SMILES string of the molecule is C=C(NCC(C)(C)F)/C(C)=C/C=C1\C(=C)N(C(=C)Nc2ncc3[nH]ccc3n2)C2CCN1C2. The van der Waals surface area contributed by atoms with Gasteiger partial charge < -0.3 is 25.4 Å². The van der Waals surface area contributed by atoms with E-state index in [0.29, 0.717) is 23.5 Å². The third-order valence-corrected chi connectivity index (χ3v) is 5.99. The minimum absolute atomic E-state index is 0.212. The van der Waals surface area contributed by atoms with Gasteiger partial charge in [-0.25, -0.2) is 14.4 Å². The summed E-state index contributed by atoms with van der Waals surface area (Å²) in [6.45, 7) is 19.8. The fourth-order valence-electron chi connectivity index (χ4n) is 4.14. The second-order valence-electron chi connectivity index (χ2n) is 9.20. The van der Waals surface area contributed by atoms with Crippen LogP contribution in [0.3, 0.4) is 0 Å². The number of nitrogens with zero attached hydrogens (tertiary/aromatic N) is 4. The summed E-state index contributed by atoms with van der Waals surface area (Å²) in [5.41, 5.74) is 3.99. The molecule has 2 saturated heterocycles. The molecule has 8 heteroatoms. The van der Waals surface area contributed by atoms with Crippen molar-refractivity contribution in [3.63, 3.8) is 0 Å². The Balaban J connectivity index is 1.49. The number of nitrogens with one attached hydrogen (secondary N) is 3. The van der Waals surface area contributed by atoms with Crippen LogP contribution in [0.25, 0.3) is 11.0 Å². The average Bonchev–Trinajstić information content (AvgIpc) is 3.38. The number of H-pyrrole nitrogens is 1. The quantitative estimate of drug-likeness (QED) is 0.518. The van der Waals surface area contributed by atoms with E-state index >= 15 is 0 Å².